The number of anilines is 1. The van der Waals surface area contributed by atoms with Crippen molar-refractivity contribution in [1.82, 2.24) is 10.3 Å². The number of carbonyl (C=O) groups excluding carboxylic acids is 1. The lowest BCUT2D eigenvalue weighted by Gasteiger charge is -2.23. The van der Waals surface area contributed by atoms with Crippen LogP contribution in [0.5, 0.6) is 0 Å². The van der Waals surface area contributed by atoms with E-state index in [2.05, 4.69) is 15.6 Å². The molecule has 1 amide bonds. The second kappa shape index (κ2) is 6.37. The molecular formula is C13H20N4O. The van der Waals surface area contributed by atoms with Crippen LogP contribution in [-0.4, -0.2) is 36.5 Å². The van der Waals surface area contributed by atoms with Crippen LogP contribution in [0.3, 0.4) is 0 Å². The van der Waals surface area contributed by atoms with Crippen LogP contribution in [0.25, 0.3) is 0 Å². The predicted molar refractivity (Wildman–Crippen MR) is 71.9 cm³/mol. The number of nitrogens with zero attached hydrogens (tertiary/aromatic N) is 1. The monoisotopic (exact) mass is 248 g/mol. The van der Waals surface area contributed by atoms with Gasteiger partial charge in [0.15, 0.2) is 0 Å². The molecule has 0 bridgehead atoms. The first-order valence-corrected chi connectivity index (χ1v) is 6.34. The molecule has 0 spiro atoms. The van der Waals surface area contributed by atoms with E-state index in [0.717, 1.165) is 18.8 Å². The third-order valence-corrected chi connectivity index (χ3v) is 3.21. The molecule has 1 aliphatic heterocycles. The van der Waals surface area contributed by atoms with Gasteiger partial charge in [-0.3, -0.25) is 10.2 Å². The molecule has 98 valence electrons. The molecule has 1 saturated heterocycles. The van der Waals surface area contributed by atoms with Crippen LogP contribution in [-0.2, 0) is 4.79 Å². The number of hydrogen-bond acceptors (Lipinski definition) is 4. The van der Waals surface area contributed by atoms with Gasteiger partial charge in [0.25, 0.3) is 5.91 Å². The Bertz CT molecular complexity index is 376. The van der Waals surface area contributed by atoms with Crippen molar-refractivity contribution in [2.45, 2.75) is 18.9 Å². The number of nitrogens with one attached hydrogen (secondary N) is 2. The second-order valence-electron chi connectivity index (χ2n) is 4.58. The van der Waals surface area contributed by atoms with Crippen molar-refractivity contribution in [3.8, 4) is 0 Å². The molecule has 5 nitrogen and oxygen atoms in total. The Morgan fingerprint density at radius 1 is 1.28 bits per heavy atom. The van der Waals surface area contributed by atoms with Gasteiger partial charge in [-0.05, 0) is 38.1 Å². The normalized spacial score (nSPS) is 17.4. The first-order valence-electron chi connectivity index (χ1n) is 6.34. The van der Waals surface area contributed by atoms with Gasteiger partial charge in [-0.25, -0.2) is 5.84 Å². The first kappa shape index (κ1) is 12.9. The molecule has 5 heteroatoms. The third-order valence-electron chi connectivity index (χ3n) is 3.21. The van der Waals surface area contributed by atoms with Gasteiger partial charge in [-0.2, -0.15) is 0 Å². The van der Waals surface area contributed by atoms with E-state index in [1.54, 1.807) is 0 Å². The Labute approximate surface area is 107 Å². The number of amides is 1. The maximum absolute atomic E-state index is 11.8. The average Bonchev–Trinajstić information content (AvgIpc) is 2.91. The highest BCUT2D eigenvalue weighted by Crippen LogP contribution is 2.11. The summed E-state index contributed by atoms with van der Waals surface area (Å²) >= 11 is 0. The Hall–Kier alpha value is -1.59. The topological polar surface area (TPSA) is 70.4 Å². The number of para-hydroxylation sites is 1. The molecule has 1 fully saturated rings. The molecule has 0 saturated carbocycles. The van der Waals surface area contributed by atoms with Gasteiger partial charge in [0, 0.05) is 12.2 Å². The summed E-state index contributed by atoms with van der Waals surface area (Å²) < 4.78 is 0. The number of hydrazine groups is 1. The third kappa shape index (κ3) is 3.45. The van der Waals surface area contributed by atoms with Crippen LogP contribution in [0.1, 0.15) is 12.8 Å². The van der Waals surface area contributed by atoms with E-state index >= 15 is 0 Å². The predicted octanol–water partition coefficient (Wildman–Crippen LogP) is 0.553. The van der Waals surface area contributed by atoms with E-state index in [1.165, 1.54) is 12.8 Å². The van der Waals surface area contributed by atoms with Crippen LogP contribution >= 0.6 is 0 Å². The smallest absolute Gasteiger partial charge is 0.257 e. The first-order chi connectivity index (χ1) is 8.79. The molecule has 4 N–H and O–H groups in total. The minimum Gasteiger partial charge on any atom is -0.373 e. The number of benzene rings is 1. The number of rotatable bonds is 5. The van der Waals surface area contributed by atoms with Crippen molar-refractivity contribution < 1.29 is 4.79 Å². The highest BCUT2D eigenvalue weighted by atomic mass is 16.2. The summed E-state index contributed by atoms with van der Waals surface area (Å²) in [5, 5.41) is 3.22. The largest absolute Gasteiger partial charge is 0.373 e. The summed E-state index contributed by atoms with van der Waals surface area (Å²) in [6.45, 7) is 2.81. The van der Waals surface area contributed by atoms with Gasteiger partial charge in [-0.15, -0.1) is 0 Å². The van der Waals surface area contributed by atoms with E-state index in [4.69, 9.17) is 5.84 Å². The number of likely N-dealkylation sites (tertiary alicyclic amines) is 1. The number of carbonyl (C=O) groups is 1. The van der Waals surface area contributed by atoms with Crippen molar-refractivity contribution in [1.29, 1.82) is 0 Å². The average molecular weight is 248 g/mol. The lowest BCUT2D eigenvalue weighted by molar-refractivity contribution is -0.122. The van der Waals surface area contributed by atoms with E-state index < -0.39 is 0 Å². The van der Waals surface area contributed by atoms with Crippen molar-refractivity contribution >= 4 is 11.6 Å². The summed E-state index contributed by atoms with van der Waals surface area (Å²) in [6, 6.07) is 9.41. The van der Waals surface area contributed by atoms with Crippen LogP contribution in [0.4, 0.5) is 5.69 Å². The SMILES string of the molecule is NNC(=O)C(CN1CCCC1)Nc1ccccc1. The summed E-state index contributed by atoms with van der Waals surface area (Å²) in [7, 11) is 0. The maximum atomic E-state index is 11.8. The zero-order valence-corrected chi connectivity index (χ0v) is 10.4. The molecule has 0 aliphatic carbocycles. The van der Waals surface area contributed by atoms with Crippen LogP contribution in [0, 0.1) is 0 Å². The number of hydrogen-bond donors (Lipinski definition) is 3. The Morgan fingerprint density at radius 3 is 2.56 bits per heavy atom. The molecule has 1 aromatic rings. The number of nitrogens with two attached hydrogens (primary N) is 1. The minimum atomic E-state index is -0.310. The van der Waals surface area contributed by atoms with Gasteiger partial charge in [0.05, 0.1) is 0 Å². The molecule has 1 aromatic carbocycles. The van der Waals surface area contributed by atoms with E-state index in [-0.39, 0.29) is 11.9 Å². The van der Waals surface area contributed by atoms with Gasteiger partial charge in [0.2, 0.25) is 0 Å². The zero-order valence-electron chi connectivity index (χ0n) is 10.4. The molecule has 0 radical (unpaired) electrons. The molecular weight excluding hydrogens is 228 g/mol. The molecule has 1 aliphatic rings. The van der Waals surface area contributed by atoms with Crippen molar-refractivity contribution in [2.24, 2.45) is 5.84 Å². The fraction of sp³-hybridized carbons (Fsp3) is 0.462. The Kier molecular flexibility index (Phi) is 4.55. The minimum absolute atomic E-state index is 0.175. The molecule has 1 unspecified atom stereocenters. The summed E-state index contributed by atoms with van der Waals surface area (Å²) in [5.74, 6) is 5.07. The van der Waals surface area contributed by atoms with E-state index in [9.17, 15) is 4.79 Å². The highest BCUT2D eigenvalue weighted by Gasteiger charge is 2.22. The van der Waals surface area contributed by atoms with Gasteiger partial charge in [0.1, 0.15) is 6.04 Å². The zero-order chi connectivity index (χ0) is 12.8. The Balaban J connectivity index is 1.98. The quantitative estimate of drug-likeness (QED) is 0.404. The van der Waals surface area contributed by atoms with Gasteiger partial charge in [-0.1, -0.05) is 18.2 Å². The second-order valence-corrected chi connectivity index (χ2v) is 4.58. The molecule has 0 aromatic heterocycles. The fourth-order valence-corrected chi connectivity index (χ4v) is 2.25. The maximum Gasteiger partial charge on any atom is 0.257 e. The lowest BCUT2D eigenvalue weighted by Crippen LogP contribution is -2.48. The molecule has 18 heavy (non-hydrogen) atoms. The van der Waals surface area contributed by atoms with Crippen LogP contribution in [0.2, 0.25) is 0 Å². The van der Waals surface area contributed by atoms with Gasteiger partial charge < -0.3 is 10.2 Å². The van der Waals surface area contributed by atoms with Crippen LogP contribution in [0.15, 0.2) is 30.3 Å². The summed E-state index contributed by atoms with van der Waals surface area (Å²) in [4.78, 5) is 14.1. The standard InChI is InChI=1S/C13H20N4O/c14-16-13(18)12(10-17-8-4-5-9-17)15-11-6-2-1-3-7-11/h1-3,6-7,12,15H,4-5,8-10,14H2,(H,16,18). The molecule has 1 heterocycles. The van der Waals surface area contributed by atoms with E-state index in [0.29, 0.717) is 6.54 Å². The highest BCUT2D eigenvalue weighted by molar-refractivity contribution is 5.84. The van der Waals surface area contributed by atoms with Crippen molar-refractivity contribution in [3.63, 3.8) is 0 Å². The van der Waals surface area contributed by atoms with Crippen molar-refractivity contribution in [2.75, 3.05) is 25.0 Å². The molecule has 2 rings (SSSR count). The summed E-state index contributed by atoms with van der Waals surface area (Å²) in [6.07, 6.45) is 2.42. The van der Waals surface area contributed by atoms with Gasteiger partial charge >= 0.3 is 0 Å². The van der Waals surface area contributed by atoms with E-state index in [1.807, 2.05) is 30.3 Å². The summed E-state index contributed by atoms with van der Waals surface area (Å²) in [5.41, 5.74) is 3.17. The Morgan fingerprint density at radius 2 is 1.94 bits per heavy atom. The lowest BCUT2D eigenvalue weighted by atomic mass is 10.2. The van der Waals surface area contributed by atoms with Crippen LogP contribution < -0.4 is 16.6 Å². The fourth-order valence-electron chi connectivity index (χ4n) is 2.25. The van der Waals surface area contributed by atoms with Crippen molar-refractivity contribution in [3.05, 3.63) is 30.3 Å². The molecule has 1 atom stereocenters.